The number of fused-ring (bicyclic) bond motifs is 1. The fourth-order valence-corrected chi connectivity index (χ4v) is 4.45. The lowest BCUT2D eigenvalue weighted by Crippen LogP contribution is -2.53. The molecule has 0 spiro atoms. The number of amides is 3. The standard InChI is InChI=1S/C22H23N3O2S/c26-21(14-18-16-28-20-9-5-4-8-19(18)20)24-10-12-25(13-11-24)22(27)23-15-17-6-2-1-3-7-17/h1-9,16H,10-15H2,(H,23,27). The van der Waals surface area contributed by atoms with E-state index < -0.39 is 0 Å². The molecule has 1 fully saturated rings. The van der Waals surface area contributed by atoms with E-state index in [9.17, 15) is 9.59 Å². The third-order valence-corrected chi connectivity index (χ3v) is 6.12. The van der Waals surface area contributed by atoms with Crippen LogP contribution < -0.4 is 5.32 Å². The second kappa shape index (κ2) is 8.44. The van der Waals surface area contributed by atoms with Gasteiger partial charge in [0.15, 0.2) is 0 Å². The summed E-state index contributed by atoms with van der Waals surface area (Å²) < 4.78 is 1.21. The lowest BCUT2D eigenvalue weighted by Gasteiger charge is -2.34. The number of nitrogens with zero attached hydrogens (tertiary/aromatic N) is 2. The molecular formula is C22H23N3O2S. The van der Waals surface area contributed by atoms with Crippen molar-refractivity contribution in [2.75, 3.05) is 26.2 Å². The average Bonchev–Trinajstić information content (AvgIpc) is 3.16. The minimum absolute atomic E-state index is 0.0696. The van der Waals surface area contributed by atoms with Crippen molar-refractivity contribution in [1.29, 1.82) is 0 Å². The molecule has 0 radical (unpaired) electrons. The summed E-state index contributed by atoms with van der Waals surface area (Å²) in [5, 5.41) is 6.20. The van der Waals surface area contributed by atoms with Gasteiger partial charge in [-0.1, -0.05) is 48.5 Å². The molecule has 3 aromatic rings. The molecule has 1 aromatic heterocycles. The van der Waals surface area contributed by atoms with Crippen LogP contribution in [-0.4, -0.2) is 47.9 Å². The zero-order valence-corrected chi connectivity index (χ0v) is 16.5. The smallest absolute Gasteiger partial charge is 0.317 e. The second-order valence-electron chi connectivity index (χ2n) is 6.95. The Morgan fingerprint density at radius 3 is 2.36 bits per heavy atom. The summed E-state index contributed by atoms with van der Waals surface area (Å²) in [5.74, 6) is 0.132. The van der Waals surface area contributed by atoms with Crippen LogP contribution in [0, 0.1) is 0 Å². The van der Waals surface area contributed by atoms with Crippen LogP contribution in [-0.2, 0) is 17.8 Å². The fourth-order valence-electron chi connectivity index (χ4n) is 3.49. The van der Waals surface area contributed by atoms with Crippen molar-refractivity contribution in [2.45, 2.75) is 13.0 Å². The normalized spacial score (nSPS) is 14.3. The van der Waals surface area contributed by atoms with Crippen LogP contribution in [0.1, 0.15) is 11.1 Å². The molecule has 144 valence electrons. The Bertz CT molecular complexity index is 962. The molecule has 2 heterocycles. The van der Waals surface area contributed by atoms with Gasteiger partial charge in [0.1, 0.15) is 0 Å². The second-order valence-corrected chi connectivity index (χ2v) is 7.86. The average molecular weight is 394 g/mol. The Hall–Kier alpha value is -2.86. The van der Waals surface area contributed by atoms with Gasteiger partial charge in [-0.05, 0) is 28.0 Å². The summed E-state index contributed by atoms with van der Waals surface area (Å²) >= 11 is 1.68. The van der Waals surface area contributed by atoms with Crippen LogP contribution in [0.15, 0.2) is 60.0 Å². The minimum atomic E-state index is -0.0696. The molecular weight excluding hydrogens is 370 g/mol. The lowest BCUT2D eigenvalue weighted by atomic mass is 10.1. The van der Waals surface area contributed by atoms with Crippen LogP contribution >= 0.6 is 11.3 Å². The first kappa shape index (κ1) is 18.5. The Labute approximate surface area is 168 Å². The first-order valence-corrected chi connectivity index (χ1v) is 10.4. The molecule has 4 rings (SSSR count). The molecule has 0 unspecified atom stereocenters. The lowest BCUT2D eigenvalue weighted by molar-refractivity contribution is -0.131. The molecule has 0 aliphatic carbocycles. The molecule has 5 nitrogen and oxygen atoms in total. The Kier molecular flexibility index (Phi) is 5.58. The van der Waals surface area contributed by atoms with Crippen molar-refractivity contribution in [3.8, 4) is 0 Å². The Morgan fingerprint density at radius 1 is 0.893 bits per heavy atom. The van der Waals surface area contributed by atoms with Gasteiger partial charge in [-0.15, -0.1) is 11.3 Å². The summed E-state index contributed by atoms with van der Waals surface area (Å²) in [5.41, 5.74) is 2.17. The van der Waals surface area contributed by atoms with Crippen molar-refractivity contribution in [3.05, 3.63) is 71.1 Å². The number of hydrogen-bond donors (Lipinski definition) is 1. The van der Waals surface area contributed by atoms with E-state index >= 15 is 0 Å². The van der Waals surface area contributed by atoms with E-state index in [1.807, 2.05) is 47.4 Å². The molecule has 6 heteroatoms. The maximum atomic E-state index is 12.7. The van der Waals surface area contributed by atoms with Crippen molar-refractivity contribution in [2.24, 2.45) is 0 Å². The van der Waals surface area contributed by atoms with Crippen molar-refractivity contribution < 1.29 is 9.59 Å². The van der Waals surface area contributed by atoms with E-state index in [1.165, 1.54) is 10.1 Å². The minimum Gasteiger partial charge on any atom is -0.339 e. The summed E-state index contributed by atoms with van der Waals surface area (Å²) in [7, 11) is 0. The largest absolute Gasteiger partial charge is 0.339 e. The highest BCUT2D eigenvalue weighted by Crippen LogP contribution is 2.26. The van der Waals surface area contributed by atoms with Crippen LogP contribution in [0.5, 0.6) is 0 Å². The molecule has 2 aromatic carbocycles. The van der Waals surface area contributed by atoms with Crippen LogP contribution in [0.2, 0.25) is 0 Å². The first-order chi connectivity index (χ1) is 13.7. The van der Waals surface area contributed by atoms with Crippen LogP contribution in [0.3, 0.4) is 0 Å². The number of rotatable bonds is 4. The predicted molar refractivity (Wildman–Crippen MR) is 112 cm³/mol. The topological polar surface area (TPSA) is 52.7 Å². The van der Waals surface area contributed by atoms with E-state index in [2.05, 4.69) is 22.8 Å². The molecule has 0 atom stereocenters. The van der Waals surface area contributed by atoms with E-state index in [4.69, 9.17) is 0 Å². The number of urea groups is 1. The number of carbonyl (C=O) groups is 2. The number of thiophene rings is 1. The third-order valence-electron chi connectivity index (χ3n) is 5.11. The van der Waals surface area contributed by atoms with E-state index in [1.54, 1.807) is 16.2 Å². The molecule has 1 aliphatic rings. The summed E-state index contributed by atoms with van der Waals surface area (Å²) in [6, 6.07) is 18.0. The molecule has 1 saturated heterocycles. The predicted octanol–water partition coefficient (Wildman–Crippen LogP) is 3.50. The fraction of sp³-hybridized carbons (Fsp3) is 0.273. The van der Waals surface area contributed by atoms with E-state index in [0.29, 0.717) is 39.1 Å². The molecule has 0 bridgehead atoms. The van der Waals surface area contributed by atoms with Crippen LogP contribution in [0.4, 0.5) is 4.79 Å². The van der Waals surface area contributed by atoms with Gasteiger partial charge in [0.05, 0.1) is 6.42 Å². The van der Waals surface area contributed by atoms with Crippen molar-refractivity contribution in [3.63, 3.8) is 0 Å². The summed E-state index contributed by atoms with van der Waals surface area (Å²) in [6.07, 6.45) is 0.421. The molecule has 28 heavy (non-hydrogen) atoms. The zero-order chi connectivity index (χ0) is 19.3. The Morgan fingerprint density at radius 2 is 1.57 bits per heavy atom. The monoisotopic (exact) mass is 393 g/mol. The number of carbonyl (C=O) groups excluding carboxylic acids is 2. The Balaban J connectivity index is 1.27. The SMILES string of the molecule is O=C(Cc1csc2ccccc12)N1CCN(C(=O)NCc2ccccc2)CC1. The van der Waals surface area contributed by atoms with Gasteiger partial charge in [-0.25, -0.2) is 4.79 Å². The summed E-state index contributed by atoms with van der Waals surface area (Å²) in [4.78, 5) is 28.7. The van der Waals surface area contributed by atoms with Gasteiger partial charge in [0, 0.05) is 37.4 Å². The molecule has 1 aliphatic heterocycles. The quantitative estimate of drug-likeness (QED) is 0.738. The van der Waals surface area contributed by atoms with Gasteiger partial charge in [-0.2, -0.15) is 0 Å². The highest BCUT2D eigenvalue weighted by molar-refractivity contribution is 7.17. The van der Waals surface area contributed by atoms with E-state index in [0.717, 1.165) is 11.1 Å². The van der Waals surface area contributed by atoms with E-state index in [-0.39, 0.29) is 11.9 Å². The maximum Gasteiger partial charge on any atom is 0.317 e. The number of nitrogens with one attached hydrogen (secondary N) is 1. The van der Waals surface area contributed by atoms with Gasteiger partial charge in [-0.3, -0.25) is 4.79 Å². The highest BCUT2D eigenvalue weighted by atomic mass is 32.1. The van der Waals surface area contributed by atoms with Gasteiger partial charge in [0.2, 0.25) is 5.91 Å². The van der Waals surface area contributed by atoms with Crippen molar-refractivity contribution in [1.82, 2.24) is 15.1 Å². The molecule has 0 saturated carbocycles. The van der Waals surface area contributed by atoms with Crippen LogP contribution in [0.25, 0.3) is 10.1 Å². The molecule has 1 N–H and O–H groups in total. The first-order valence-electron chi connectivity index (χ1n) is 9.50. The number of hydrogen-bond acceptors (Lipinski definition) is 3. The number of piperazine rings is 1. The maximum absolute atomic E-state index is 12.7. The highest BCUT2D eigenvalue weighted by Gasteiger charge is 2.24. The summed E-state index contributed by atoms with van der Waals surface area (Å²) in [6.45, 7) is 2.82. The number of benzene rings is 2. The third kappa shape index (κ3) is 4.17. The van der Waals surface area contributed by atoms with Crippen molar-refractivity contribution >= 4 is 33.4 Å². The zero-order valence-electron chi connectivity index (χ0n) is 15.6. The van der Waals surface area contributed by atoms with Gasteiger partial charge >= 0.3 is 6.03 Å². The van der Waals surface area contributed by atoms with Gasteiger partial charge < -0.3 is 15.1 Å². The molecule has 3 amide bonds. The van der Waals surface area contributed by atoms with Gasteiger partial charge in [0.25, 0.3) is 0 Å².